The van der Waals surface area contributed by atoms with E-state index in [0.29, 0.717) is 11.5 Å². The number of fused-ring (bicyclic) bond motifs is 1. The van der Waals surface area contributed by atoms with Gasteiger partial charge in [-0.25, -0.2) is 4.98 Å². The average Bonchev–Trinajstić information content (AvgIpc) is 2.53. The zero-order chi connectivity index (χ0) is 14.7. The third kappa shape index (κ3) is 3.25. The average molecular weight is 295 g/mol. The Kier molecular flexibility index (Phi) is 4.21. The topological polar surface area (TPSA) is 49.6 Å². The summed E-state index contributed by atoms with van der Waals surface area (Å²) in [7, 11) is 0. The number of hydrogen-bond acceptors (Lipinski definition) is 4. The minimum absolute atomic E-state index is 0.692. The van der Waals surface area contributed by atoms with Gasteiger partial charge in [-0.2, -0.15) is 5.26 Å². The molecule has 21 heavy (non-hydrogen) atoms. The van der Waals surface area contributed by atoms with Crippen molar-refractivity contribution in [1.82, 2.24) is 9.97 Å². The van der Waals surface area contributed by atoms with Crippen molar-refractivity contribution < 1.29 is 0 Å². The Morgan fingerprint density at radius 2 is 2.33 bits per heavy atom. The van der Waals surface area contributed by atoms with Gasteiger partial charge in [-0.05, 0) is 48.9 Å². The van der Waals surface area contributed by atoms with E-state index in [1.165, 1.54) is 17.7 Å². The van der Waals surface area contributed by atoms with Gasteiger partial charge in [0.05, 0.1) is 11.3 Å². The van der Waals surface area contributed by atoms with Crippen molar-refractivity contribution in [2.24, 2.45) is 5.92 Å². The molecule has 2 heterocycles. The lowest BCUT2D eigenvalue weighted by molar-refractivity contribution is 0.491. The molecule has 1 atom stereocenters. The molecule has 0 aliphatic heterocycles. The van der Waals surface area contributed by atoms with Gasteiger partial charge in [-0.1, -0.05) is 24.8 Å². The number of aryl methyl sites for hydroxylation is 1. The molecule has 0 N–H and O–H groups in total. The molecule has 0 aromatic carbocycles. The van der Waals surface area contributed by atoms with Gasteiger partial charge in [0, 0.05) is 17.6 Å². The standard InChI is InChI=1S/C17H17N3S/c1-12-5-6-16-13(8-12)9-14(10-18)17(20-16)21-11-15-4-2-3-7-19-15/h2-4,7,9,12H,5-6,8,11H2,1H3. The molecule has 0 amide bonds. The highest BCUT2D eigenvalue weighted by molar-refractivity contribution is 7.98. The molecule has 0 fully saturated rings. The third-order valence-corrected chi connectivity index (χ3v) is 4.83. The molecule has 2 aromatic heterocycles. The predicted molar refractivity (Wildman–Crippen MR) is 83.9 cm³/mol. The van der Waals surface area contributed by atoms with Crippen molar-refractivity contribution in [3.05, 3.63) is 53.0 Å². The lowest BCUT2D eigenvalue weighted by atomic mass is 9.87. The summed E-state index contributed by atoms with van der Waals surface area (Å²) in [6.07, 6.45) is 5.06. The minimum Gasteiger partial charge on any atom is -0.260 e. The summed E-state index contributed by atoms with van der Waals surface area (Å²) in [5, 5.41) is 10.2. The largest absolute Gasteiger partial charge is 0.260 e. The summed E-state index contributed by atoms with van der Waals surface area (Å²) in [4.78, 5) is 9.06. The molecule has 0 saturated heterocycles. The Morgan fingerprint density at radius 1 is 1.43 bits per heavy atom. The Morgan fingerprint density at radius 3 is 3.10 bits per heavy atom. The van der Waals surface area contributed by atoms with Crippen LogP contribution in [-0.2, 0) is 18.6 Å². The van der Waals surface area contributed by atoms with Crippen LogP contribution in [0.25, 0.3) is 0 Å². The fraction of sp³-hybridized carbons (Fsp3) is 0.353. The molecular formula is C17H17N3S. The van der Waals surface area contributed by atoms with Crippen molar-refractivity contribution in [3.63, 3.8) is 0 Å². The number of pyridine rings is 2. The second-order valence-electron chi connectivity index (χ2n) is 5.52. The number of thioether (sulfide) groups is 1. The molecule has 1 unspecified atom stereocenters. The van der Waals surface area contributed by atoms with Crippen LogP contribution < -0.4 is 0 Å². The zero-order valence-electron chi connectivity index (χ0n) is 12.0. The maximum Gasteiger partial charge on any atom is 0.114 e. The van der Waals surface area contributed by atoms with Crippen LogP contribution >= 0.6 is 11.8 Å². The fourth-order valence-corrected chi connectivity index (χ4v) is 3.53. The Bertz CT molecular complexity index is 676. The van der Waals surface area contributed by atoms with Gasteiger partial charge in [0.2, 0.25) is 0 Å². The van der Waals surface area contributed by atoms with Crippen molar-refractivity contribution in [2.45, 2.75) is 37.0 Å². The van der Waals surface area contributed by atoms with Crippen LogP contribution in [0.5, 0.6) is 0 Å². The second-order valence-corrected chi connectivity index (χ2v) is 6.48. The maximum atomic E-state index is 9.36. The van der Waals surface area contributed by atoms with Gasteiger partial charge in [-0.3, -0.25) is 4.98 Å². The first-order valence-corrected chi connectivity index (χ1v) is 8.20. The first-order chi connectivity index (χ1) is 10.3. The summed E-state index contributed by atoms with van der Waals surface area (Å²) < 4.78 is 0. The summed E-state index contributed by atoms with van der Waals surface area (Å²) in [6, 6.07) is 10.2. The zero-order valence-corrected chi connectivity index (χ0v) is 12.9. The Hall–Kier alpha value is -1.86. The second kappa shape index (κ2) is 6.28. The van der Waals surface area contributed by atoms with E-state index in [-0.39, 0.29) is 0 Å². The SMILES string of the molecule is CC1CCc2nc(SCc3ccccn3)c(C#N)cc2C1. The molecule has 106 valence electrons. The molecule has 0 saturated carbocycles. The summed E-state index contributed by atoms with van der Waals surface area (Å²) in [6.45, 7) is 2.26. The van der Waals surface area contributed by atoms with Crippen LogP contribution in [0, 0.1) is 17.2 Å². The molecule has 1 aliphatic rings. The molecule has 0 radical (unpaired) electrons. The van der Waals surface area contributed by atoms with E-state index in [4.69, 9.17) is 4.98 Å². The van der Waals surface area contributed by atoms with Crippen LogP contribution in [-0.4, -0.2) is 9.97 Å². The van der Waals surface area contributed by atoms with Crippen molar-refractivity contribution in [1.29, 1.82) is 5.26 Å². The number of hydrogen-bond donors (Lipinski definition) is 0. The Balaban J connectivity index is 1.83. The van der Waals surface area contributed by atoms with E-state index >= 15 is 0 Å². The number of nitriles is 1. The molecule has 0 spiro atoms. The van der Waals surface area contributed by atoms with Crippen molar-refractivity contribution in [2.75, 3.05) is 0 Å². The highest BCUT2D eigenvalue weighted by Crippen LogP contribution is 2.30. The predicted octanol–water partition coefficient (Wildman–Crippen LogP) is 3.77. The molecule has 0 bridgehead atoms. The summed E-state index contributed by atoms with van der Waals surface area (Å²) in [5.74, 6) is 1.44. The molecule has 1 aliphatic carbocycles. The third-order valence-electron chi connectivity index (χ3n) is 3.80. The van der Waals surface area contributed by atoms with Crippen LogP contribution in [0.4, 0.5) is 0 Å². The summed E-state index contributed by atoms with van der Waals surface area (Å²) in [5.41, 5.74) is 4.14. The van der Waals surface area contributed by atoms with Crippen LogP contribution in [0.2, 0.25) is 0 Å². The first kappa shape index (κ1) is 14.1. The van der Waals surface area contributed by atoms with Gasteiger partial charge >= 0.3 is 0 Å². The van der Waals surface area contributed by atoms with E-state index < -0.39 is 0 Å². The molecule has 3 rings (SSSR count). The lowest BCUT2D eigenvalue weighted by Crippen LogP contribution is -2.14. The Labute approximate surface area is 129 Å². The minimum atomic E-state index is 0.692. The van der Waals surface area contributed by atoms with E-state index in [0.717, 1.165) is 29.3 Å². The highest BCUT2D eigenvalue weighted by Gasteiger charge is 2.19. The monoisotopic (exact) mass is 295 g/mol. The van der Waals surface area contributed by atoms with Crippen molar-refractivity contribution in [3.8, 4) is 6.07 Å². The van der Waals surface area contributed by atoms with Crippen LogP contribution in [0.1, 0.15) is 35.9 Å². The highest BCUT2D eigenvalue weighted by atomic mass is 32.2. The molecule has 3 nitrogen and oxygen atoms in total. The van der Waals surface area contributed by atoms with Crippen molar-refractivity contribution >= 4 is 11.8 Å². The van der Waals surface area contributed by atoms with Crippen LogP contribution in [0.15, 0.2) is 35.5 Å². The molecule has 4 heteroatoms. The smallest absolute Gasteiger partial charge is 0.114 e. The van der Waals surface area contributed by atoms with E-state index in [2.05, 4.69) is 18.0 Å². The quantitative estimate of drug-likeness (QED) is 0.809. The lowest BCUT2D eigenvalue weighted by Gasteiger charge is -2.21. The maximum absolute atomic E-state index is 9.36. The van der Waals surface area contributed by atoms with E-state index in [1.807, 2.05) is 24.3 Å². The van der Waals surface area contributed by atoms with Gasteiger partial charge < -0.3 is 0 Å². The first-order valence-electron chi connectivity index (χ1n) is 7.22. The normalized spacial score (nSPS) is 17.0. The van der Waals surface area contributed by atoms with Gasteiger partial charge in [0.25, 0.3) is 0 Å². The van der Waals surface area contributed by atoms with Gasteiger partial charge in [0.15, 0.2) is 0 Å². The van der Waals surface area contributed by atoms with Crippen LogP contribution in [0.3, 0.4) is 0 Å². The van der Waals surface area contributed by atoms with Gasteiger partial charge in [-0.15, -0.1) is 0 Å². The number of aromatic nitrogens is 2. The molecular weight excluding hydrogens is 278 g/mol. The summed E-state index contributed by atoms with van der Waals surface area (Å²) >= 11 is 1.60. The van der Waals surface area contributed by atoms with E-state index in [1.54, 1.807) is 18.0 Å². The number of rotatable bonds is 3. The molecule has 2 aromatic rings. The van der Waals surface area contributed by atoms with E-state index in [9.17, 15) is 5.26 Å². The van der Waals surface area contributed by atoms with Gasteiger partial charge in [0.1, 0.15) is 11.1 Å². The fourth-order valence-electron chi connectivity index (χ4n) is 2.64. The number of nitrogens with zero attached hydrogens (tertiary/aromatic N) is 3.